The Hall–Kier alpha value is -4.04. The van der Waals surface area contributed by atoms with Gasteiger partial charge in [-0.1, -0.05) is 36.4 Å². The molecule has 8 nitrogen and oxygen atoms in total. The number of carbonyl (C=O) groups excluding carboxylic acids is 1. The summed E-state index contributed by atoms with van der Waals surface area (Å²) in [7, 11) is 0. The first-order valence-corrected chi connectivity index (χ1v) is 11.2. The lowest BCUT2D eigenvalue weighted by Crippen LogP contribution is -2.50. The zero-order chi connectivity index (χ0) is 23.4. The van der Waals surface area contributed by atoms with Crippen molar-refractivity contribution in [1.82, 2.24) is 0 Å². The van der Waals surface area contributed by atoms with Gasteiger partial charge in [0.2, 0.25) is 5.69 Å². The van der Waals surface area contributed by atoms with Crippen LogP contribution in [-0.2, 0) is 15.2 Å². The van der Waals surface area contributed by atoms with E-state index in [0.29, 0.717) is 11.4 Å². The monoisotopic (exact) mass is 453 g/mol. The molecule has 34 heavy (non-hydrogen) atoms. The van der Waals surface area contributed by atoms with Crippen LogP contribution >= 0.6 is 0 Å². The molecule has 0 saturated carbocycles. The topological polar surface area (TPSA) is 101 Å². The molecule has 0 fully saturated rings. The minimum absolute atomic E-state index is 0.186. The molecule has 2 N–H and O–H groups in total. The van der Waals surface area contributed by atoms with Crippen molar-refractivity contribution in [3.63, 3.8) is 0 Å². The molecule has 0 saturated heterocycles. The standard InChI is InChI=1S/C26H23N5O3/c1-15-11-12-17(13-16(15)2)31-23(24(32)34-30-31)22-14-26(29-21-10-6-5-9-20(21)27-22)18-7-3-4-8-19(18)28-25(26)33/h3-13,23-24,29H,14H2,1-2H3,(H,28,33). The van der Waals surface area contributed by atoms with Crippen molar-refractivity contribution in [3.05, 3.63) is 83.4 Å². The van der Waals surface area contributed by atoms with E-state index in [2.05, 4.69) is 15.9 Å². The van der Waals surface area contributed by atoms with Gasteiger partial charge in [0, 0.05) is 29.8 Å². The Morgan fingerprint density at radius 3 is 2.62 bits per heavy atom. The van der Waals surface area contributed by atoms with Gasteiger partial charge >= 0.3 is 0 Å². The summed E-state index contributed by atoms with van der Waals surface area (Å²) in [5.41, 5.74) is 5.33. The molecule has 0 radical (unpaired) electrons. The second kappa shape index (κ2) is 7.50. The van der Waals surface area contributed by atoms with Crippen LogP contribution in [0.4, 0.5) is 22.7 Å². The number of aliphatic imine (C=N–C) groups is 1. The third-order valence-corrected chi connectivity index (χ3v) is 6.84. The number of rotatable bonds is 2. The Balaban J connectivity index is 1.51. The number of hydrogen-bond acceptors (Lipinski definition) is 6. The lowest BCUT2D eigenvalue weighted by Gasteiger charge is -2.30. The number of nitrogens with one attached hydrogen (secondary N) is 2. The van der Waals surface area contributed by atoms with Gasteiger partial charge in [-0.2, -0.15) is 0 Å². The van der Waals surface area contributed by atoms with E-state index in [4.69, 9.17) is 9.83 Å². The van der Waals surface area contributed by atoms with Crippen molar-refractivity contribution in [2.75, 3.05) is 10.6 Å². The van der Waals surface area contributed by atoms with Gasteiger partial charge in [0.1, 0.15) is 6.29 Å². The molecule has 0 bridgehead atoms. The molecule has 3 aliphatic rings. The van der Waals surface area contributed by atoms with E-state index in [-0.39, 0.29) is 12.3 Å². The van der Waals surface area contributed by atoms with Crippen molar-refractivity contribution in [3.8, 4) is 0 Å². The smallest absolute Gasteiger partial charge is 0.255 e. The average molecular weight is 454 g/mol. The second-order valence-electron chi connectivity index (χ2n) is 8.94. The fourth-order valence-electron chi connectivity index (χ4n) is 4.90. The second-order valence-corrected chi connectivity index (χ2v) is 8.94. The molecule has 3 heterocycles. The van der Waals surface area contributed by atoms with Crippen LogP contribution in [0.2, 0.25) is 0 Å². The van der Waals surface area contributed by atoms with Gasteiger partial charge in [0.05, 0.1) is 17.1 Å². The number of para-hydroxylation sites is 3. The molecule has 3 aromatic rings. The number of benzene rings is 3. The minimum Gasteiger partial charge on any atom is -0.814 e. The van der Waals surface area contributed by atoms with Crippen molar-refractivity contribution in [1.29, 1.82) is 0 Å². The van der Waals surface area contributed by atoms with Crippen LogP contribution in [0.1, 0.15) is 23.1 Å². The first-order chi connectivity index (χ1) is 16.5. The van der Waals surface area contributed by atoms with Crippen LogP contribution in [0.5, 0.6) is 0 Å². The number of anilines is 2. The Bertz CT molecular complexity index is 1400. The first-order valence-electron chi connectivity index (χ1n) is 11.2. The van der Waals surface area contributed by atoms with Crippen molar-refractivity contribution >= 4 is 34.4 Å². The summed E-state index contributed by atoms with van der Waals surface area (Å²) >= 11 is 0. The molecule has 3 atom stereocenters. The molecule has 3 aromatic carbocycles. The highest BCUT2D eigenvalue weighted by Crippen LogP contribution is 2.46. The SMILES string of the molecule is Cc1ccc([N+]2=NOC([O-])C2C2=Nc3ccccc3NC3(C2)C(=O)Nc2ccccc23)cc1C. The molecule has 0 aromatic heterocycles. The van der Waals surface area contributed by atoms with Gasteiger partial charge in [-0.3, -0.25) is 4.79 Å². The zero-order valence-electron chi connectivity index (χ0n) is 18.8. The van der Waals surface area contributed by atoms with Crippen LogP contribution in [-0.4, -0.2) is 28.6 Å². The molecule has 1 spiro atoms. The Morgan fingerprint density at radius 2 is 1.79 bits per heavy atom. The Kier molecular flexibility index (Phi) is 4.53. The molecule has 8 heteroatoms. The number of fused-ring (bicyclic) bond motifs is 3. The maximum absolute atomic E-state index is 13.5. The highest BCUT2D eigenvalue weighted by molar-refractivity contribution is 6.12. The number of nitrogens with zero attached hydrogens (tertiary/aromatic N) is 3. The predicted octanol–water partition coefficient (Wildman–Crippen LogP) is 3.84. The zero-order valence-corrected chi connectivity index (χ0v) is 18.8. The minimum atomic E-state index is -1.48. The third-order valence-electron chi connectivity index (χ3n) is 6.84. The lowest BCUT2D eigenvalue weighted by atomic mass is 9.84. The number of carbonyl (C=O) groups is 1. The molecule has 6 rings (SSSR count). The van der Waals surface area contributed by atoms with Gasteiger partial charge in [-0.25, -0.2) is 4.99 Å². The maximum atomic E-state index is 13.5. The van der Waals surface area contributed by atoms with Crippen molar-refractivity contribution in [2.45, 2.75) is 38.1 Å². The van der Waals surface area contributed by atoms with E-state index < -0.39 is 17.9 Å². The first kappa shape index (κ1) is 20.6. The fraction of sp³-hybridized carbons (Fsp3) is 0.231. The summed E-state index contributed by atoms with van der Waals surface area (Å²) in [6.45, 7) is 4.04. The molecule has 1 amide bonds. The fourth-order valence-corrected chi connectivity index (χ4v) is 4.90. The van der Waals surface area contributed by atoms with Gasteiger partial charge in [-0.05, 0) is 47.9 Å². The summed E-state index contributed by atoms with van der Waals surface area (Å²) < 4.78 is 1.59. The highest BCUT2D eigenvalue weighted by atomic mass is 16.7. The van der Waals surface area contributed by atoms with E-state index in [9.17, 15) is 9.90 Å². The molecule has 170 valence electrons. The third kappa shape index (κ3) is 3.03. The lowest BCUT2D eigenvalue weighted by molar-refractivity contribution is -0.557. The molecule has 0 aliphatic carbocycles. The van der Waals surface area contributed by atoms with E-state index in [1.54, 1.807) is 4.70 Å². The maximum Gasteiger partial charge on any atom is 0.255 e. The molecular formula is C26H23N5O3. The highest BCUT2D eigenvalue weighted by Gasteiger charge is 2.52. The van der Waals surface area contributed by atoms with Crippen LogP contribution in [0.15, 0.2) is 77.0 Å². The number of hydrogen-bond donors (Lipinski definition) is 2. The van der Waals surface area contributed by atoms with Crippen LogP contribution in [0.3, 0.4) is 0 Å². The van der Waals surface area contributed by atoms with Gasteiger partial charge in [-0.15, -0.1) is 0 Å². The van der Waals surface area contributed by atoms with Gasteiger partial charge < -0.3 is 20.6 Å². The number of aryl methyl sites for hydroxylation is 2. The average Bonchev–Trinajstić information content (AvgIpc) is 3.27. The van der Waals surface area contributed by atoms with Gasteiger partial charge in [0.25, 0.3) is 11.9 Å². The van der Waals surface area contributed by atoms with Crippen molar-refractivity contribution < 1.29 is 19.4 Å². The van der Waals surface area contributed by atoms with Crippen molar-refractivity contribution in [2.24, 2.45) is 10.3 Å². The Labute approximate surface area is 196 Å². The van der Waals surface area contributed by atoms with Gasteiger partial charge in [0.15, 0.2) is 10.8 Å². The van der Waals surface area contributed by atoms with E-state index in [1.807, 2.05) is 80.6 Å². The summed E-state index contributed by atoms with van der Waals surface area (Å²) in [6, 6.07) is 20.2. The quantitative estimate of drug-likeness (QED) is 0.576. The van der Waals surface area contributed by atoms with Crippen LogP contribution in [0, 0.1) is 13.8 Å². The van der Waals surface area contributed by atoms with Crippen LogP contribution in [0.25, 0.3) is 0 Å². The Morgan fingerprint density at radius 1 is 1.03 bits per heavy atom. The van der Waals surface area contributed by atoms with E-state index in [0.717, 1.165) is 33.8 Å². The largest absolute Gasteiger partial charge is 0.814 e. The van der Waals surface area contributed by atoms with E-state index in [1.165, 1.54) is 0 Å². The summed E-state index contributed by atoms with van der Waals surface area (Å²) in [5.74, 6) is -0.186. The predicted molar refractivity (Wildman–Crippen MR) is 125 cm³/mol. The normalized spacial score (nSPS) is 24.9. The summed E-state index contributed by atoms with van der Waals surface area (Å²) in [4.78, 5) is 23.6. The van der Waals surface area contributed by atoms with E-state index >= 15 is 0 Å². The van der Waals surface area contributed by atoms with Crippen LogP contribution < -0.4 is 15.7 Å². The molecule has 3 aliphatic heterocycles. The molecule has 3 unspecified atom stereocenters. The molecular weight excluding hydrogens is 430 g/mol. The summed E-state index contributed by atoms with van der Waals surface area (Å²) in [6.07, 6.45) is -1.30. The number of amides is 1. The summed E-state index contributed by atoms with van der Waals surface area (Å²) in [5, 5.41) is 23.6.